The molecule has 0 atom stereocenters. The van der Waals surface area contributed by atoms with Gasteiger partial charge in [-0.25, -0.2) is 15.3 Å². The third kappa shape index (κ3) is 5.64. The second kappa shape index (κ2) is 11.2. The zero-order chi connectivity index (χ0) is 18.0. The molecule has 0 spiro atoms. The predicted octanol–water partition coefficient (Wildman–Crippen LogP) is 2.97. The van der Waals surface area contributed by atoms with E-state index in [2.05, 4.69) is 54.3 Å². The number of aryl methyl sites for hydroxylation is 6. The molecular formula is C17H29BN6O2Pt-3. The third-order valence-electron chi connectivity index (χ3n) is 3.79. The number of hydrogen-bond acceptors (Lipinski definition) is 5. The van der Waals surface area contributed by atoms with E-state index in [-0.39, 0.29) is 43.0 Å². The van der Waals surface area contributed by atoms with Gasteiger partial charge in [-0.05, 0) is 76.8 Å². The van der Waals surface area contributed by atoms with Gasteiger partial charge in [-0.2, -0.15) is 0 Å². The fourth-order valence-electron chi connectivity index (χ4n) is 2.95. The molecule has 155 valence electrons. The van der Waals surface area contributed by atoms with Crippen molar-refractivity contribution in [2.24, 2.45) is 0 Å². The molecule has 8 nitrogen and oxygen atoms in total. The molecule has 1 radical (unpaired) electrons. The Kier molecular flexibility index (Phi) is 11.4. The van der Waals surface area contributed by atoms with Crippen molar-refractivity contribution in [3.05, 3.63) is 67.2 Å². The van der Waals surface area contributed by atoms with Crippen molar-refractivity contribution in [3.8, 4) is 0 Å². The maximum atomic E-state index is 6.00. The SMILES string of the molecule is Cc1cc(C)n([B-](n2nc(C)cc2C)n2nc(C)cc2C)n1.OO.[CH3-].[CH3-].[Pt]. The zero-order valence-electron chi connectivity index (χ0n) is 17.2. The second-order valence-corrected chi connectivity index (χ2v) is 5.96. The van der Waals surface area contributed by atoms with Crippen LogP contribution >= 0.6 is 0 Å². The van der Waals surface area contributed by atoms with Crippen LogP contribution < -0.4 is 0 Å². The van der Waals surface area contributed by atoms with E-state index in [0.717, 1.165) is 34.2 Å². The van der Waals surface area contributed by atoms with E-state index >= 15 is 0 Å². The van der Waals surface area contributed by atoms with Crippen molar-refractivity contribution >= 4 is 7.12 Å². The Morgan fingerprint density at radius 1 is 0.630 bits per heavy atom. The van der Waals surface area contributed by atoms with Gasteiger partial charge in [0, 0.05) is 21.1 Å². The summed E-state index contributed by atoms with van der Waals surface area (Å²) in [6, 6.07) is 6.22. The van der Waals surface area contributed by atoms with Crippen LogP contribution in [0.4, 0.5) is 0 Å². The van der Waals surface area contributed by atoms with Gasteiger partial charge in [0.2, 0.25) is 0 Å². The number of rotatable bonds is 3. The minimum Gasteiger partial charge on any atom is -0.422 e. The van der Waals surface area contributed by atoms with Gasteiger partial charge in [-0.15, -0.1) is 0 Å². The largest absolute Gasteiger partial charge is 0.422 e. The van der Waals surface area contributed by atoms with Gasteiger partial charge < -0.3 is 28.6 Å². The predicted molar refractivity (Wildman–Crippen MR) is 105 cm³/mol. The van der Waals surface area contributed by atoms with Crippen LogP contribution in [0.2, 0.25) is 0 Å². The van der Waals surface area contributed by atoms with Crippen LogP contribution in [0, 0.1) is 56.4 Å². The first-order valence-corrected chi connectivity index (χ1v) is 7.65. The van der Waals surface area contributed by atoms with E-state index in [1.807, 2.05) is 34.5 Å². The minimum absolute atomic E-state index is 0. The van der Waals surface area contributed by atoms with Crippen molar-refractivity contribution in [3.63, 3.8) is 0 Å². The van der Waals surface area contributed by atoms with Crippen LogP contribution in [0.5, 0.6) is 0 Å². The summed E-state index contributed by atoms with van der Waals surface area (Å²) in [6.45, 7) is 12.2. The number of hydrogen-bond donors (Lipinski definition) is 2. The molecule has 0 amide bonds. The quantitative estimate of drug-likeness (QED) is 0.225. The number of aromatic nitrogens is 6. The second-order valence-electron chi connectivity index (χ2n) is 5.96. The Balaban J connectivity index is 0. The topological polar surface area (TPSA) is 93.9 Å². The first kappa shape index (κ1) is 27.5. The Morgan fingerprint density at radius 2 is 0.852 bits per heavy atom. The summed E-state index contributed by atoms with van der Waals surface area (Å²) in [6.07, 6.45) is 0. The van der Waals surface area contributed by atoms with Crippen LogP contribution in [0.25, 0.3) is 0 Å². The zero-order valence-corrected chi connectivity index (χ0v) is 19.5. The fraction of sp³-hybridized carbons (Fsp3) is 0.353. The van der Waals surface area contributed by atoms with Gasteiger partial charge in [-0.1, -0.05) is 0 Å². The molecule has 3 rings (SSSR count). The average Bonchev–Trinajstić information content (AvgIpc) is 3.13. The van der Waals surface area contributed by atoms with Crippen molar-refractivity contribution < 1.29 is 31.6 Å². The summed E-state index contributed by atoms with van der Waals surface area (Å²) in [5.41, 5.74) is 6.23. The molecule has 0 unspecified atom stereocenters. The normalized spacial score (nSPS) is 9.67. The summed E-state index contributed by atoms with van der Waals surface area (Å²) in [7, 11) is -0.226. The van der Waals surface area contributed by atoms with Crippen LogP contribution in [0.15, 0.2) is 18.2 Å². The van der Waals surface area contributed by atoms with Gasteiger partial charge >= 0.3 is 0 Å². The van der Waals surface area contributed by atoms with Gasteiger partial charge in [0.1, 0.15) is 0 Å². The monoisotopic (exact) mass is 555 g/mol. The molecule has 0 aliphatic heterocycles. The van der Waals surface area contributed by atoms with Gasteiger partial charge in [0.25, 0.3) is 7.12 Å². The molecular weight excluding hydrogens is 526 g/mol. The fourth-order valence-corrected chi connectivity index (χ4v) is 2.95. The Bertz CT molecular complexity index is 733. The smallest absolute Gasteiger partial charge is 0.261 e. The molecule has 0 aliphatic carbocycles. The summed E-state index contributed by atoms with van der Waals surface area (Å²) in [5.74, 6) is 0. The van der Waals surface area contributed by atoms with Crippen molar-refractivity contribution in [2.75, 3.05) is 0 Å². The molecule has 0 fully saturated rings. The average molecular weight is 555 g/mol. The Hall–Kier alpha value is -1.70. The maximum Gasteiger partial charge on any atom is 0.261 e. The summed E-state index contributed by atoms with van der Waals surface area (Å²) < 4.78 is 5.94. The van der Waals surface area contributed by atoms with Gasteiger partial charge in [-0.3, -0.25) is 10.5 Å². The maximum absolute atomic E-state index is 6.00. The molecule has 3 heterocycles. The molecule has 0 bridgehead atoms. The van der Waals surface area contributed by atoms with Crippen molar-refractivity contribution in [1.29, 1.82) is 0 Å². The van der Waals surface area contributed by atoms with E-state index in [4.69, 9.17) is 10.5 Å². The van der Waals surface area contributed by atoms with Crippen molar-refractivity contribution in [1.82, 2.24) is 29.1 Å². The van der Waals surface area contributed by atoms with Crippen molar-refractivity contribution in [2.45, 2.75) is 41.5 Å². The van der Waals surface area contributed by atoms with E-state index < -0.39 is 0 Å². The molecule has 0 aliphatic rings. The minimum atomic E-state index is -0.226. The Labute approximate surface area is 176 Å². The Morgan fingerprint density at radius 3 is 1.00 bits per heavy atom. The molecule has 0 saturated heterocycles. The molecule has 10 heteroatoms. The molecule has 0 saturated carbocycles. The molecule has 0 aromatic carbocycles. The standard InChI is InChI=1S/C15H21BN6.2CH3.H2O2.Pt/c1-10-7-13(4)20(17-10)16(21-14(5)8-11(2)18-21)22-15(6)9-12(3)19-22;;;1-2;/h7-9H,1-6H3;2*1H3;1-2H;/q3*-1;;. The summed E-state index contributed by atoms with van der Waals surface area (Å²) in [4.78, 5) is 0. The van der Waals surface area contributed by atoms with Crippen LogP contribution in [-0.2, 0) is 21.1 Å². The van der Waals surface area contributed by atoms with Gasteiger partial charge in [0.05, 0.1) is 17.1 Å². The molecule has 3 aromatic heterocycles. The molecule has 2 N–H and O–H groups in total. The van der Waals surface area contributed by atoms with Crippen LogP contribution in [-0.4, -0.2) is 46.7 Å². The summed E-state index contributed by atoms with van der Waals surface area (Å²) in [5, 5.41) is 26.0. The van der Waals surface area contributed by atoms with E-state index in [9.17, 15) is 0 Å². The van der Waals surface area contributed by atoms with Crippen LogP contribution in [0.1, 0.15) is 34.2 Å². The molecule has 27 heavy (non-hydrogen) atoms. The van der Waals surface area contributed by atoms with E-state index in [1.54, 1.807) is 0 Å². The first-order valence-electron chi connectivity index (χ1n) is 7.65. The number of nitrogens with zero attached hydrogens (tertiary/aromatic N) is 6. The van der Waals surface area contributed by atoms with E-state index in [1.165, 1.54) is 0 Å². The van der Waals surface area contributed by atoms with Crippen LogP contribution in [0.3, 0.4) is 0 Å². The first-order chi connectivity index (χ1) is 11.4. The third-order valence-corrected chi connectivity index (χ3v) is 3.79. The van der Waals surface area contributed by atoms with E-state index in [0.29, 0.717) is 0 Å². The summed E-state index contributed by atoms with van der Waals surface area (Å²) >= 11 is 0. The van der Waals surface area contributed by atoms with Gasteiger partial charge in [0.15, 0.2) is 0 Å². The molecule has 3 aromatic rings.